The number of nitro groups is 1. The van der Waals surface area contributed by atoms with Gasteiger partial charge in [-0.15, -0.1) is 0 Å². The fourth-order valence-corrected chi connectivity index (χ4v) is 1.67. The van der Waals surface area contributed by atoms with Gasteiger partial charge in [0.2, 0.25) is 0 Å². The Hall–Kier alpha value is -2.15. The van der Waals surface area contributed by atoms with E-state index in [1.807, 2.05) is 13.8 Å². The molecule has 0 bridgehead atoms. The first-order valence-electron chi connectivity index (χ1n) is 6.55. The Morgan fingerprint density at radius 2 is 2.00 bits per heavy atom. The number of carbonyl (C=O) groups excluding carboxylic acids is 1. The molecule has 0 unspecified atom stereocenters. The zero-order valence-corrected chi connectivity index (χ0v) is 11.7. The van der Waals surface area contributed by atoms with Gasteiger partial charge in [-0.2, -0.15) is 0 Å². The van der Waals surface area contributed by atoms with Crippen LogP contribution in [-0.4, -0.2) is 42.2 Å². The molecular weight excluding hydrogens is 262 g/mol. The normalized spacial score (nSPS) is 14.0. The Labute approximate surface area is 117 Å². The lowest BCUT2D eigenvalue weighted by Crippen LogP contribution is -2.43. The minimum Gasteiger partial charge on any atom is -0.378 e. The van der Waals surface area contributed by atoms with Crippen LogP contribution in [0.2, 0.25) is 0 Å². The molecule has 1 fully saturated rings. The van der Waals surface area contributed by atoms with Crippen molar-refractivity contribution in [2.45, 2.75) is 13.8 Å². The number of hydrogen-bond acceptors (Lipinski definition) is 4. The zero-order valence-electron chi connectivity index (χ0n) is 11.7. The van der Waals surface area contributed by atoms with E-state index < -0.39 is 4.92 Å². The Morgan fingerprint density at radius 3 is 2.60 bits per heavy atom. The van der Waals surface area contributed by atoms with E-state index in [9.17, 15) is 14.9 Å². The summed E-state index contributed by atoms with van der Waals surface area (Å²) in [6, 6.07) is 5.60. The fraction of sp³-hybridized carbons (Fsp3) is 0.462. The minimum atomic E-state index is -0.496. The number of morpholine rings is 1. The van der Waals surface area contributed by atoms with Crippen molar-refractivity contribution in [3.8, 4) is 0 Å². The van der Waals surface area contributed by atoms with Crippen LogP contribution in [0.1, 0.15) is 13.8 Å². The number of nitrogens with zero attached hydrogens (tertiary/aromatic N) is 2. The molecule has 7 nitrogen and oxygen atoms in total. The first kappa shape index (κ1) is 15.9. The number of carbonyl (C=O) groups is 1. The summed E-state index contributed by atoms with van der Waals surface area (Å²) in [4.78, 5) is 23.6. The average molecular weight is 281 g/mol. The summed E-state index contributed by atoms with van der Waals surface area (Å²) in [6.07, 6.45) is 0. The maximum absolute atomic E-state index is 11.8. The van der Waals surface area contributed by atoms with Crippen molar-refractivity contribution in [2.24, 2.45) is 0 Å². The second-order valence-electron chi connectivity index (χ2n) is 3.84. The lowest BCUT2D eigenvalue weighted by atomic mass is 10.3. The molecule has 7 heteroatoms. The van der Waals surface area contributed by atoms with Crippen molar-refractivity contribution in [2.75, 3.05) is 31.6 Å². The van der Waals surface area contributed by atoms with Gasteiger partial charge in [0, 0.05) is 30.9 Å². The second kappa shape index (κ2) is 8.11. The summed E-state index contributed by atoms with van der Waals surface area (Å²) < 4.78 is 5.14. The van der Waals surface area contributed by atoms with Gasteiger partial charge in [-0.05, 0) is 6.07 Å². The molecule has 110 valence electrons. The van der Waals surface area contributed by atoms with E-state index in [1.54, 1.807) is 11.0 Å². The van der Waals surface area contributed by atoms with Gasteiger partial charge in [0.15, 0.2) is 0 Å². The third-order valence-corrected chi connectivity index (χ3v) is 2.61. The van der Waals surface area contributed by atoms with Crippen molar-refractivity contribution in [1.29, 1.82) is 0 Å². The maximum atomic E-state index is 11.8. The molecule has 1 aromatic carbocycles. The van der Waals surface area contributed by atoms with Crippen LogP contribution in [0.15, 0.2) is 24.3 Å². The van der Waals surface area contributed by atoms with Gasteiger partial charge in [0.05, 0.1) is 18.1 Å². The Morgan fingerprint density at radius 1 is 1.35 bits per heavy atom. The summed E-state index contributed by atoms with van der Waals surface area (Å²) in [5.41, 5.74) is 0.371. The Bertz CT molecular complexity index is 459. The summed E-state index contributed by atoms with van der Waals surface area (Å²) in [5, 5.41) is 13.2. The number of benzene rings is 1. The van der Waals surface area contributed by atoms with Gasteiger partial charge in [-0.1, -0.05) is 19.9 Å². The first-order chi connectivity index (χ1) is 9.66. The molecule has 2 amide bonds. The number of anilines is 1. The third kappa shape index (κ3) is 4.51. The van der Waals surface area contributed by atoms with E-state index >= 15 is 0 Å². The number of ether oxygens (including phenoxy) is 1. The molecule has 1 aromatic rings. The highest BCUT2D eigenvalue weighted by atomic mass is 16.6. The summed E-state index contributed by atoms with van der Waals surface area (Å²) >= 11 is 0. The van der Waals surface area contributed by atoms with Crippen molar-refractivity contribution >= 4 is 17.4 Å². The average Bonchev–Trinajstić information content (AvgIpc) is 2.50. The summed E-state index contributed by atoms with van der Waals surface area (Å²) in [6.45, 7) is 6.09. The molecule has 1 aliphatic heterocycles. The smallest absolute Gasteiger partial charge is 0.322 e. The highest BCUT2D eigenvalue weighted by molar-refractivity contribution is 5.89. The number of non-ortho nitro benzene ring substituents is 1. The quantitative estimate of drug-likeness (QED) is 0.666. The van der Waals surface area contributed by atoms with Gasteiger partial charge >= 0.3 is 6.03 Å². The molecule has 0 radical (unpaired) electrons. The molecule has 0 saturated carbocycles. The van der Waals surface area contributed by atoms with E-state index in [4.69, 9.17) is 4.74 Å². The predicted molar refractivity (Wildman–Crippen MR) is 75.9 cm³/mol. The van der Waals surface area contributed by atoms with Gasteiger partial charge in [0.1, 0.15) is 0 Å². The van der Waals surface area contributed by atoms with Gasteiger partial charge in [-0.25, -0.2) is 4.79 Å². The summed E-state index contributed by atoms with van der Waals surface area (Å²) in [5.74, 6) is 0. The van der Waals surface area contributed by atoms with Gasteiger partial charge in [-0.3, -0.25) is 10.1 Å². The van der Waals surface area contributed by atoms with Crippen molar-refractivity contribution in [3.63, 3.8) is 0 Å². The molecule has 0 atom stereocenters. The van der Waals surface area contributed by atoms with E-state index in [-0.39, 0.29) is 11.7 Å². The minimum absolute atomic E-state index is 0.0465. The third-order valence-electron chi connectivity index (χ3n) is 2.61. The van der Waals surface area contributed by atoms with Crippen LogP contribution < -0.4 is 5.32 Å². The van der Waals surface area contributed by atoms with Crippen molar-refractivity contribution in [1.82, 2.24) is 4.90 Å². The number of amides is 2. The maximum Gasteiger partial charge on any atom is 0.322 e. The molecule has 1 aliphatic rings. The first-order valence-corrected chi connectivity index (χ1v) is 6.55. The van der Waals surface area contributed by atoms with Crippen molar-refractivity contribution in [3.05, 3.63) is 34.4 Å². The molecule has 0 aromatic heterocycles. The van der Waals surface area contributed by atoms with Gasteiger partial charge in [0.25, 0.3) is 5.69 Å². The Kier molecular flexibility index (Phi) is 6.45. The van der Waals surface area contributed by atoms with Crippen LogP contribution in [0.4, 0.5) is 16.2 Å². The number of nitro benzene ring substituents is 1. The van der Waals surface area contributed by atoms with Crippen molar-refractivity contribution < 1.29 is 14.5 Å². The van der Waals surface area contributed by atoms with Crippen LogP contribution in [0.25, 0.3) is 0 Å². The monoisotopic (exact) mass is 281 g/mol. The number of nitrogens with one attached hydrogen (secondary N) is 1. The van der Waals surface area contributed by atoms with Crippen LogP contribution in [-0.2, 0) is 4.74 Å². The largest absolute Gasteiger partial charge is 0.378 e. The van der Waals surface area contributed by atoms with E-state index in [0.29, 0.717) is 32.0 Å². The lowest BCUT2D eigenvalue weighted by Gasteiger charge is -2.26. The molecule has 1 heterocycles. The number of hydrogen-bond donors (Lipinski definition) is 1. The van der Waals surface area contributed by atoms with Crippen LogP contribution >= 0.6 is 0 Å². The SMILES string of the molecule is CC.O=C(Nc1cccc([N+](=O)[O-])c1)N1CCOCC1. The lowest BCUT2D eigenvalue weighted by molar-refractivity contribution is -0.384. The van der Waals surface area contributed by atoms with Crippen LogP contribution in [0.5, 0.6) is 0 Å². The molecule has 0 aliphatic carbocycles. The van der Waals surface area contributed by atoms with Crippen LogP contribution in [0.3, 0.4) is 0 Å². The molecule has 20 heavy (non-hydrogen) atoms. The number of rotatable bonds is 2. The molecule has 2 rings (SSSR count). The zero-order chi connectivity index (χ0) is 15.0. The molecule has 1 saturated heterocycles. The van der Waals surface area contributed by atoms with E-state index in [1.165, 1.54) is 18.2 Å². The fourth-order valence-electron chi connectivity index (χ4n) is 1.67. The number of urea groups is 1. The molecule has 0 spiro atoms. The van der Waals surface area contributed by atoms with E-state index in [2.05, 4.69) is 5.32 Å². The van der Waals surface area contributed by atoms with E-state index in [0.717, 1.165) is 0 Å². The standard InChI is InChI=1S/C11H13N3O4.C2H6/c15-11(13-4-6-18-7-5-13)12-9-2-1-3-10(8-9)14(16)17;1-2/h1-3,8H,4-7H2,(H,12,15);1-2H3. The molecular formula is C13H19N3O4. The van der Waals surface area contributed by atoms with Gasteiger partial charge < -0.3 is 15.0 Å². The molecule has 1 N–H and O–H groups in total. The predicted octanol–water partition coefficient (Wildman–Crippen LogP) is 2.49. The Balaban J connectivity index is 0.000000956. The summed E-state index contributed by atoms with van der Waals surface area (Å²) in [7, 11) is 0. The van der Waals surface area contributed by atoms with Crippen LogP contribution in [0, 0.1) is 10.1 Å². The highest BCUT2D eigenvalue weighted by Crippen LogP contribution is 2.17. The highest BCUT2D eigenvalue weighted by Gasteiger charge is 2.17. The topological polar surface area (TPSA) is 84.7 Å². The second-order valence-corrected chi connectivity index (χ2v) is 3.84.